The summed E-state index contributed by atoms with van der Waals surface area (Å²) in [6.45, 7) is 0. The van der Waals surface area contributed by atoms with E-state index in [2.05, 4.69) is 4.98 Å². The highest BCUT2D eigenvalue weighted by Crippen LogP contribution is 2.19. The number of thiazole rings is 1. The van der Waals surface area contributed by atoms with E-state index in [9.17, 15) is 9.59 Å². The fourth-order valence-corrected chi connectivity index (χ4v) is 2.90. The van der Waals surface area contributed by atoms with Crippen molar-refractivity contribution in [3.63, 3.8) is 0 Å². The number of benzene rings is 1. The second kappa shape index (κ2) is 5.75. The van der Waals surface area contributed by atoms with E-state index in [4.69, 9.17) is 16.7 Å². The van der Waals surface area contributed by atoms with Crippen molar-refractivity contribution in [2.24, 2.45) is 0 Å². The van der Waals surface area contributed by atoms with Crippen LogP contribution in [0.2, 0.25) is 5.02 Å². The molecule has 3 aromatic rings. The minimum Gasteiger partial charge on any atom is -0.477 e. The molecular formula is C15H9ClN2O3S. The summed E-state index contributed by atoms with van der Waals surface area (Å²) < 4.78 is 1.15. The summed E-state index contributed by atoms with van der Waals surface area (Å²) in [5.41, 5.74) is 0.774. The number of halogens is 1. The molecule has 110 valence electrons. The van der Waals surface area contributed by atoms with Crippen molar-refractivity contribution in [2.45, 2.75) is 0 Å². The summed E-state index contributed by atoms with van der Waals surface area (Å²) >= 11 is 6.96. The SMILES string of the molecule is O=C(O)c1cn2c(=O)c(Cl)c(C=Cc3ccccc3)nc2s1. The van der Waals surface area contributed by atoms with E-state index in [1.54, 1.807) is 12.2 Å². The molecule has 0 aliphatic carbocycles. The Bertz CT molecular complexity index is 945. The van der Waals surface area contributed by atoms with Crippen LogP contribution in [-0.4, -0.2) is 20.5 Å². The molecule has 0 amide bonds. The van der Waals surface area contributed by atoms with Crippen LogP contribution in [0.5, 0.6) is 0 Å². The number of aromatic nitrogens is 2. The van der Waals surface area contributed by atoms with Gasteiger partial charge in [0.1, 0.15) is 9.90 Å². The van der Waals surface area contributed by atoms with Gasteiger partial charge in [-0.1, -0.05) is 59.3 Å². The Kier molecular flexibility index (Phi) is 3.79. The van der Waals surface area contributed by atoms with Crippen molar-refractivity contribution in [1.29, 1.82) is 0 Å². The van der Waals surface area contributed by atoms with Gasteiger partial charge >= 0.3 is 5.97 Å². The zero-order valence-corrected chi connectivity index (χ0v) is 12.6. The first-order chi connectivity index (χ1) is 10.6. The summed E-state index contributed by atoms with van der Waals surface area (Å²) in [6.07, 6.45) is 4.66. The van der Waals surface area contributed by atoms with E-state index in [1.807, 2.05) is 30.3 Å². The third kappa shape index (κ3) is 2.66. The Morgan fingerprint density at radius 1 is 1.27 bits per heavy atom. The molecule has 0 bridgehead atoms. The van der Waals surface area contributed by atoms with Crippen LogP contribution in [0.1, 0.15) is 20.9 Å². The molecule has 7 heteroatoms. The van der Waals surface area contributed by atoms with Gasteiger partial charge in [-0.05, 0) is 11.6 Å². The van der Waals surface area contributed by atoms with Crippen LogP contribution < -0.4 is 5.56 Å². The number of carboxylic acids is 1. The van der Waals surface area contributed by atoms with Crippen molar-refractivity contribution in [2.75, 3.05) is 0 Å². The fraction of sp³-hybridized carbons (Fsp3) is 0. The minimum atomic E-state index is -1.10. The normalized spacial score (nSPS) is 11.3. The summed E-state index contributed by atoms with van der Waals surface area (Å²) in [5.74, 6) is -1.10. The van der Waals surface area contributed by atoms with Crippen LogP contribution in [0.3, 0.4) is 0 Å². The zero-order chi connectivity index (χ0) is 15.7. The highest BCUT2D eigenvalue weighted by molar-refractivity contribution is 7.18. The van der Waals surface area contributed by atoms with E-state index in [1.165, 1.54) is 6.20 Å². The van der Waals surface area contributed by atoms with E-state index >= 15 is 0 Å². The molecule has 22 heavy (non-hydrogen) atoms. The summed E-state index contributed by atoms with van der Waals surface area (Å²) in [5, 5.41) is 8.95. The highest BCUT2D eigenvalue weighted by atomic mass is 35.5. The van der Waals surface area contributed by atoms with Gasteiger partial charge in [-0.3, -0.25) is 9.20 Å². The molecule has 3 rings (SSSR count). The van der Waals surface area contributed by atoms with Gasteiger partial charge < -0.3 is 5.11 Å². The maximum Gasteiger partial charge on any atom is 0.347 e. The van der Waals surface area contributed by atoms with Crippen molar-refractivity contribution in [3.8, 4) is 0 Å². The van der Waals surface area contributed by atoms with Crippen LogP contribution in [0.15, 0.2) is 41.3 Å². The molecule has 2 heterocycles. The van der Waals surface area contributed by atoms with E-state index < -0.39 is 11.5 Å². The minimum absolute atomic E-state index is 0.0323. The Labute approximate surface area is 133 Å². The van der Waals surface area contributed by atoms with E-state index in [0.717, 1.165) is 21.3 Å². The summed E-state index contributed by atoms with van der Waals surface area (Å²) in [7, 11) is 0. The average Bonchev–Trinajstić information content (AvgIpc) is 2.95. The Hall–Kier alpha value is -2.44. The van der Waals surface area contributed by atoms with Gasteiger partial charge in [-0.2, -0.15) is 0 Å². The van der Waals surface area contributed by atoms with Crippen LogP contribution in [0, 0.1) is 0 Å². The maximum atomic E-state index is 12.2. The number of hydrogen-bond acceptors (Lipinski definition) is 4. The second-order valence-electron chi connectivity index (χ2n) is 4.41. The van der Waals surface area contributed by atoms with Crippen LogP contribution in [0.25, 0.3) is 17.1 Å². The molecule has 0 spiro atoms. The molecule has 0 atom stereocenters. The molecule has 1 aromatic carbocycles. The lowest BCUT2D eigenvalue weighted by Gasteiger charge is -1.98. The first kappa shape index (κ1) is 14.5. The number of aromatic carboxylic acids is 1. The maximum absolute atomic E-state index is 12.2. The van der Waals surface area contributed by atoms with Gasteiger partial charge in [-0.25, -0.2) is 9.78 Å². The quantitative estimate of drug-likeness (QED) is 0.799. The average molecular weight is 333 g/mol. The van der Waals surface area contributed by atoms with Crippen LogP contribution in [-0.2, 0) is 0 Å². The third-order valence-electron chi connectivity index (χ3n) is 2.95. The number of carbonyl (C=O) groups is 1. The van der Waals surface area contributed by atoms with Gasteiger partial charge in [0.15, 0.2) is 4.96 Å². The van der Waals surface area contributed by atoms with E-state index in [0.29, 0.717) is 10.7 Å². The summed E-state index contributed by atoms with van der Waals surface area (Å²) in [6, 6.07) is 9.50. The van der Waals surface area contributed by atoms with Gasteiger partial charge in [0.2, 0.25) is 0 Å². The molecule has 2 aromatic heterocycles. The molecule has 5 nitrogen and oxygen atoms in total. The van der Waals surface area contributed by atoms with E-state index in [-0.39, 0.29) is 9.90 Å². The monoisotopic (exact) mass is 332 g/mol. The fourth-order valence-electron chi connectivity index (χ4n) is 1.88. The number of fused-ring (bicyclic) bond motifs is 1. The predicted molar refractivity (Wildman–Crippen MR) is 86.7 cm³/mol. The lowest BCUT2D eigenvalue weighted by molar-refractivity contribution is 0.0702. The first-order valence-corrected chi connectivity index (χ1v) is 7.44. The first-order valence-electron chi connectivity index (χ1n) is 6.24. The molecule has 1 N–H and O–H groups in total. The molecule has 0 fully saturated rings. The number of carboxylic acid groups (broad SMARTS) is 1. The molecule has 0 saturated heterocycles. The Morgan fingerprint density at radius 3 is 2.68 bits per heavy atom. The van der Waals surface area contributed by atoms with Crippen molar-refractivity contribution in [3.05, 3.63) is 68.0 Å². The van der Waals surface area contributed by atoms with Crippen molar-refractivity contribution >= 4 is 46.0 Å². The van der Waals surface area contributed by atoms with Gasteiger partial charge in [-0.15, -0.1) is 0 Å². The number of nitrogens with zero attached hydrogens (tertiary/aromatic N) is 2. The molecule has 0 radical (unpaired) electrons. The largest absolute Gasteiger partial charge is 0.477 e. The third-order valence-corrected chi connectivity index (χ3v) is 4.27. The van der Waals surface area contributed by atoms with Crippen molar-refractivity contribution < 1.29 is 9.90 Å². The Balaban J connectivity index is 2.10. The second-order valence-corrected chi connectivity index (χ2v) is 5.80. The molecule has 0 saturated carbocycles. The Morgan fingerprint density at radius 2 is 2.00 bits per heavy atom. The molecule has 0 aliphatic heterocycles. The van der Waals surface area contributed by atoms with Crippen LogP contribution in [0.4, 0.5) is 0 Å². The van der Waals surface area contributed by atoms with Gasteiger partial charge in [0.05, 0.1) is 5.69 Å². The lowest BCUT2D eigenvalue weighted by atomic mass is 10.2. The number of hydrogen-bond donors (Lipinski definition) is 1. The highest BCUT2D eigenvalue weighted by Gasteiger charge is 2.14. The number of rotatable bonds is 3. The van der Waals surface area contributed by atoms with Gasteiger partial charge in [0, 0.05) is 6.20 Å². The smallest absolute Gasteiger partial charge is 0.347 e. The lowest BCUT2D eigenvalue weighted by Crippen LogP contribution is -2.14. The predicted octanol–water partition coefficient (Wildman–Crippen LogP) is 3.28. The molecular weight excluding hydrogens is 324 g/mol. The zero-order valence-electron chi connectivity index (χ0n) is 11.1. The topological polar surface area (TPSA) is 71.7 Å². The van der Waals surface area contributed by atoms with Crippen molar-refractivity contribution in [1.82, 2.24) is 9.38 Å². The molecule has 0 unspecified atom stereocenters. The summed E-state index contributed by atoms with van der Waals surface area (Å²) in [4.78, 5) is 27.7. The standard InChI is InChI=1S/C15H9ClN2O3S/c16-12-10(7-6-9-4-2-1-3-5-9)17-15-18(13(12)19)8-11(22-15)14(20)21/h1-8H,(H,20,21). The van der Waals surface area contributed by atoms with Gasteiger partial charge in [0.25, 0.3) is 5.56 Å². The van der Waals surface area contributed by atoms with Crippen LogP contribution >= 0.6 is 22.9 Å². The molecule has 0 aliphatic rings.